The Morgan fingerprint density at radius 3 is 2.52 bits per heavy atom. The summed E-state index contributed by atoms with van der Waals surface area (Å²) in [6.07, 6.45) is -4.67. The number of halogens is 4. The molecule has 0 aliphatic heterocycles. The molecule has 1 N–H and O–H groups in total. The van der Waals surface area contributed by atoms with Gasteiger partial charge in [0.2, 0.25) is 5.82 Å². The molecule has 2 aromatic carbocycles. The number of anilines is 2. The third-order valence-electron chi connectivity index (χ3n) is 2.85. The highest BCUT2D eigenvalue weighted by Gasteiger charge is 2.38. The second-order valence-electron chi connectivity index (χ2n) is 4.54. The number of alkyl halides is 3. The molecular formula is C15H8ClF3N3O. The van der Waals surface area contributed by atoms with Crippen molar-refractivity contribution in [2.24, 2.45) is 0 Å². The molecule has 0 spiro atoms. The summed E-state index contributed by atoms with van der Waals surface area (Å²) < 4.78 is 41.7. The first-order chi connectivity index (χ1) is 10.9. The highest BCUT2D eigenvalue weighted by atomic mass is 35.5. The van der Waals surface area contributed by atoms with Gasteiger partial charge >= 0.3 is 12.1 Å². The topological polar surface area (TPSA) is 51.0 Å². The Hall–Kier alpha value is -2.54. The fraction of sp³-hybridized carbons (Fsp3) is 0.0667. The van der Waals surface area contributed by atoms with Gasteiger partial charge in [-0.3, -0.25) is 0 Å². The Morgan fingerprint density at radius 2 is 1.87 bits per heavy atom. The largest absolute Gasteiger partial charge is 0.471 e. The zero-order valence-corrected chi connectivity index (χ0v) is 12.1. The molecule has 0 saturated carbocycles. The molecule has 0 atom stereocenters. The molecule has 0 saturated heterocycles. The second kappa shape index (κ2) is 5.92. The summed E-state index contributed by atoms with van der Waals surface area (Å²) in [7, 11) is 0. The number of aromatic nitrogens is 2. The van der Waals surface area contributed by atoms with Gasteiger partial charge in [-0.25, -0.2) is 0 Å². The van der Waals surface area contributed by atoms with E-state index in [1.807, 2.05) is 0 Å². The normalized spacial score (nSPS) is 11.5. The Bertz CT molecular complexity index is 815. The van der Waals surface area contributed by atoms with Crippen LogP contribution in [0.4, 0.5) is 24.5 Å². The number of hydrogen-bond acceptors (Lipinski definition) is 4. The quantitative estimate of drug-likeness (QED) is 0.734. The van der Waals surface area contributed by atoms with Gasteiger partial charge in [0.05, 0.1) is 0 Å². The van der Waals surface area contributed by atoms with Crippen LogP contribution in [0.5, 0.6) is 0 Å². The van der Waals surface area contributed by atoms with Gasteiger partial charge in [-0.1, -0.05) is 28.9 Å². The van der Waals surface area contributed by atoms with Crippen LogP contribution in [-0.2, 0) is 6.18 Å². The summed E-state index contributed by atoms with van der Waals surface area (Å²) in [6.45, 7) is 0. The van der Waals surface area contributed by atoms with Crippen molar-refractivity contribution in [2.45, 2.75) is 6.18 Å². The lowest BCUT2D eigenvalue weighted by molar-refractivity contribution is -0.159. The van der Waals surface area contributed by atoms with E-state index in [-0.39, 0.29) is 5.82 Å². The van der Waals surface area contributed by atoms with Crippen LogP contribution in [0, 0.1) is 6.07 Å². The van der Waals surface area contributed by atoms with E-state index < -0.39 is 12.1 Å². The van der Waals surface area contributed by atoms with Gasteiger partial charge in [0.15, 0.2) is 0 Å². The Kier molecular flexibility index (Phi) is 3.96. The molecule has 0 fully saturated rings. The molecule has 4 nitrogen and oxygen atoms in total. The lowest BCUT2D eigenvalue weighted by Crippen LogP contribution is -2.04. The van der Waals surface area contributed by atoms with E-state index in [1.54, 1.807) is 36.4 Å². The van der Waals surface area contributed by atoms with E-state index in [2.05, 4.69) is 26.0 Å². The predicted molar refractivity (Wildman–Crippen MR) is 78.3 cm³/mol. The van der Waals surface area contributed by atoms with E-state index in [0.717, 1.165) is 5.69 Å². The Morgan fingerprint density at radius 1 is 1.13 bits per heavy atom. The van der Waals surface area contributed by atoms with Gasteiger partial charge in [0, 0.05) is 28.0 Å². The fourth-order valence-corrected chi connectivity index (χ4v) is 1.95. The van der Waals surface area contributed by atoms with Crippen molar-refractivity contribution >= 4 is 23.0 Å². The van der Waals surface area contributed by atoms with Crippen molar-refractivity contribution in [1.29, 1.82) is 0 Å². The molecule has 3 aromatic rings. The lowest BCUT2D eigenvalue weighted by atomic mass is 10.2. The van der Waals surface area contributed by atoms with Crippen LogP contribution in [0.2, 0.25) is 5.02 Å². The zero-order valence-electron chi connectivity index (χ0n) is 11.4. The first-order valence-electron chi connectivity index (χ1n) is 6.37. The van der Waals surface area contributed by atoms with E-state index in [1.165, 1.54) is 6.07 Å². The fourth-order valence-electron chi connectivity index (χ4n) is 1.82. The van der Waals surface area contributed by atoms with Gasteiger partial charge < -0.3 is 9.84 Å². The van der Waals surface area contributed by atoms with Gasteiger partial charge in [0.25, 0.3) is 0 Å². The van der Waals surface area contributed by atoms with E-state index in [9.17, 15) is 13.2 Å². The van der Waals surface area contributed by atoms with Crippen LogP contribution >= 0.6 is 11.6 Å². The third kappa shape index (κ3) is 3.62. The minimum atomic E-state index is -4.67. The number of nitrogens with zero attached hydrogens (tertiary/aromatic N) is 2. The monoisotopic (exact) mass is 338 g/mol. The summed E-state index contributed by atoms with van der Waals surface area (Å²) in [4.78, 5) is 3.35. The summed E-state index contributed by atoms with van der Waals surface area (Å²) in [5.74, 6) is -1.53. The van der Waals surface area contributed by atoms with Gasteiger partial charge in [0.1, 0.15) is 0 Å². The van der Waals surface area contributed by atoms with E-state index >= 15 is 0 Å². The molecule has 0 amide bonds. The van der Waals surface area contributed by atoms with Gasteiger partial charge in [-0.05, 0) is 30.3 Å². The standard InChI is InChI=1S/C15H8ClF3N3O/c16-10-4-6-11(7-5-10)20-12-3-1-2-9(8-12)13-21-14(23-22-13)15(17,18)19/h1-2,4-8,20H. The summed E-state index contributed by atoms with van der Waals surface area (Å²) in [6, 6.07) is 14.5. The lowest BCUT2D eigenvalue weighted by Gasteiger charge is -2.06. The molecule has 1 aromatic heterocycles. The van der Waals surface area contributed by atoms with Crippen molar-refractivity contribution in [1.82, 2.24) is 10.1 Å². The number of benzene rings is 2. The molecule has 0 unspecified atom stereocenters. The average Bonchev–Trinajstić information content (AvgIpc) is 3.00. The first kappa shape index (κ1) is 15.4. The molecular weight excluding hydrogens is 331 g/mol. The predicted octanol–water partition coefficient (Wildman–Crippen LogP) is 4.95. The molecule has 1 radical (unpaired) electrons. The summed E-state index contributed by atoms with van der Waals surface area (Å²) >= 11 is 5.80. The Labute approximate surface area is 133 Å². The van der Waals surface area contributed by atoms with Crippen LogP contribution < -0.4 is 5.32 Å². The smallest absolute Gasteiger partial charge is 0.355 e. The first-order valence-corrected chi connectivity index (χ1v) is 6.75. The van der Waals surface area contributed by atoms with Crippen molar-refractivity contribution in [3.05, 3.63) is 59.4 Å². The molecule has 0 bridgehead atoms. The van der Waals surface area contributed by atoms with Crippen LogP contribution in [0.15, 0.2) is 47.0 Å². The number of rotatable bonds is 3. The highest BCUT2D eigenvalue weighted by Crippen LogP contribution is 2.30. The SMILES string of the molecule is FC(F)(F)c1nc(-c2cc[c]c(Nc3ccc(Cl)cc3)c2)no1. The second-order valence-corrected chi connectivity index (χ2v) is 4.98. The summed E-state index contributed by atoms with van der Waals surface area (Å²) in [5, 5.41) is 7.00. The Balaban J connectivity index is 1.85. The maximum Gasteiger partial charge on any atom is 0.471 e. The molecule has 117 valence electrons. The highest BCUT2D eigenvalue weighted by molar-refractivity contribution is 6.30. The minimum Gasteiger partial charge on any atom is -0.355 e. The molecule has 0 aliphatic carbocycles. The van der Waals surface area contributed by atoms with Crippen molar-refractivity contribution in [2.75, 3.05) is 5.32 Å². The van der Waals surface area contributed by atoms with Crippen molar-refractivity contribution in [3.63, 3.8) is 0 Å². The van der Waals surface area contributed by atoms with E-state index in [4.69, 9.17) is 11.6 Å². The maximum absolute atomic E-state index is 12.5. The van der Waals surface area contributed by atoms with Crippen molar-refractivity contribution in [3.8, 4) is 11.4 Å². The zero-order chi connectivity index (χ0) is 16.4. The van der Waals surface area contributed by atoms with Crippen LogP contribution in [0.25, 0.3) is 11.4 Å². The van der Waals surface area contributed by atoms with Crippen LogP contribution in [-0.4, -0.2) is 10.1 Å². The van der Waals surface area contributed by atoms with Crippen molar-refractivity contribution < 1.29 is 17.7 Å². The molecule has 1 heterocycles. The number of nitrogens with one attached hydrogen (secondary N) is 1. The van der Waals surface area contributed by atoms with E-state index in [0.29, 0.717) is 16.3 Å². The van der Waals surface area contributed by atoms with Crippen LogP contribution in [0.1, 0.15) is 5.89 Å². The van der Waals surface area contributed by atoms with Gasteiger partial charge in [-0.2, -0.15) is 18.2 Å². The van der Waals surface area contributed by atoms with Crippen LogP contribution in [0.3, 0.4) is 0 Å². The summed E-state index contributed by atoms with van der Waals surface area (Å²) in [5.41, 5.74) is 1.68. The molecule has 0 aliphatic rings. The van der Waals surface area contributed by atoms with Gasteiger partial charge in [-0.15, -0.1) is 0 Å². The number of hydrogen-bond donors (Lipinski definition) is 1. The molecule has 3 rings (SSSR count). The molecule has 8 heteroatoms. The third-order valence-corrected chi connectivity index (χ3v) is 3.10. The maximum atomic E-state index is 12.5. The molecule has 23 heavy (non-hydrogen) atoms. The minimum absolute atomic E-state index is 0.148. The average molecular weight is 339 g/mol.